The van der Waals surface area contributed by atoms with Crippen molar-refractivity contribution in [1.82, 2.24) is 0 Å². The predicted molar refractivity (Wildman–Crippen MR) is 116 cm³/mol. The molecular formula is C24H29NO3. The minimum absolute atomic E-state index is 0.0852. The number of rotatable bonds is 11. The van der Waals surface area contributed by atoms with E-state index in [4.69, 9.17) is 15.2 Å². The smallest absolute Gasteiger partial charge is 0.185 e. The van der Waals surface area contributed by atoms with Crippen molar-refractivity contribution >= 4 is 17.5 Å². The lowest BCUT2D eigenvalue weighted by Crippen LogP contribution is -2.03. The number of benzene rings is 2. The van der Waals surface area contributed by atoms with Gasteiger partial charge >= 0.3 is 0 Å². The van der Waals surface area contributed by atoms with Crippen molar-refractivity contribution in [2.45, 2.75) is 33.1 Å². The third-order valence-corrected chi connectivity index (χ3v) is 4.09. The molecule has 148 valence electrons. The van der Waals surface area contributed by atoms with E-state index in [9.17, 15) is 4.79 Å². The number of anilines is 1. The zero-order valence-corrected chi connectivity index (χ0v) is 16.7. The number of allylic oxidation sites excluding steroid dienone is 2. The molecule has 0 fully saturated rings. The summed E-state index contributed by atoms with van der Waals surface area (Å²) >= 11 is 0. The molecule has 4 nitrogen and oxygen atoms in total. The van der Waals surface area contributed by atoms with Crippen molar-refractivity contribution in [2.75, 3.05) is 18.9 Å². The molecule has 0 heterocycles. The van der Waals surface area contributed by atoms with Crippen LogP contribution in [-0.4, -0.2) is 19.0 Å². The Kier molecular flexibility index (Phi) is 8.35. The van der Waals surface area contributed by atoms with E-state index in [1.54, 1.807) is 36.4 Å². The van der Waals surface area contributed by atoms with E-state index in [1.165, 1.54) is 0 Å². The highest BCUT2D eigenvalue weighted by molar-refractivity contribution is 6.07. The van der Waals surface area contributed by atoms with Crippen LogP contribution in [0.25, 0.3) is 6.08 Å². The van der Waals surface area contributed by atoms with Gasteiger partial charge in [-0.05, 0) is 67.3 Å². The summed E-state index contributed by atoms with van der Waals surface area (Å²) in [4.78, 5) is 12.5. The molecule has 0 aromatic heterocycles. The van der Waals surface area contributed by atoms with Crippen molar-refractivity contribution in [3.8, 4) is 11.5 Å². The van der Waals surface area contributed by atoms with Crippen LogP contribution in [0.3, 0.4) is 0 Å². The van der Waals surface area contributed by atoms with Crippen LogP contribution in [0.15, 0.2) is 55.1 Å². The number of hydrogen-bond donors (Lipinski definition) is 1. The van der Waals surface area contributed by atoms with Gasteiger partial charge in [-0.2, -0.15) is 0 Å². The van der Waals surface area contributed by atoms with Crippen LogP contribution >= 0.6 is 0 Å². The minimum atomic E-state index is -0.0852. The summed E-state index contributed by atoms with van der Waals surface area (Å²) < 4.78 is 11.8. The SMILES string of the molecule is C=CCc1cc(/C=C/C(=O)c2ccc(N)cc2)c(OCCC)cc1OCCC. The first-order valence-corrected chi connectivity index (χ1v) is 9.70. The molecule has 2 aromatic rings. The summed E-state index contributed by atoms with van der Waals surface area (Å²) in [5.74, 6) is 1.43. The van der Waals surface area contributed by atoms with Crippen molar-refractivity contribution in [1.29, 1.82) is 0 Å². The van der Waals surface area contributed by atoms with Crippen molar-refractivity contribution in [2.24, 2.45) is 0 Å². The van der Waals surface area contributed by atoms with Crippen LogP contribution in [0.4, 0.5) is 5.69 Å². The number of hydrogen-bond acceptors (Lipinski definition) is 4. The highest BCUT2D eigenvalue weighted by Crippen LogP contribution is 2.31. The lowest BCUT2D eigenvalue weighted by atomic mass is 10.0. The Morgan fingerprint density at radius 1 is 1.04 bits per heavy atom. The van der Waals surface area contributed by atoms with Gasteiger partial charge < -0.3 is 15.2 Å². The first-order chi connectivity index (χ1) is 13.6. The van der Waals surface area contributed by atoms with E-state index in [1.807, 2.05) is 18.2 Å². The molecule has 2 rings (SSSR count). The summed E-state index contributed by atoms with van der Waals surface area (Å²) in [6.07, 6.45) is 7.70. The van der Waals surface area contributed by atoms with Gasteiger partial charge in [-0.1, -0.05) is 19.9 Å². The Morgan fingerprint density at radius 3 is 2.29 bits per heavy atom. The monoisotopic (exact) mass is 379 g/mol. The number of nitrogens with two attached hydrogens (primary N) is 1. The highest BCUT2D eigenvalue weighted by atomic mass is 16.5. The second kappa shape index (κ2) is 11.0. The van der Waals surface area contributed by atoms with Gasteiger partial charge in [0.1, 0.15) is 11.5 Å². The third-order valence-electron chi connectivity index (χ3n) is 4.09. The molecule has 0 amide bonds. The molecule has 0 unspecified atom stereocenters. The van der Waals surface area contributed by atoms with Gasteiger partial charge in [-0.25, -0.2) is 0 Å². The van der Waals surface area contributed by atoms with E-state index < -0.39 is 0 Å². The van der Waals surface area contributed by atoms with E-state index in [2.05, 4.69) is 20.4 Å². The number of ketones is 1. The largest absolute Gasteiger partial charge is 0.493 e. The summed E-state index contributed by atoms with van der Waals surface area (Å²) in [6, 6.07) is 10.8. The van der Waals surface area contributed by atoms with Crippen molar-refractivity contribution < 1.29 is 14.3 Å². The first-order valence-electron chi connectivity index (χ1n) is 9.70. The van der Waals surface area contributed by atoms with Gasteiger partial charge in [0.2, 0.25) is 0 Å². The number of ether oxygens (including phenoxy) is 2. The molecule has 0 radical (unpaired) electrons. The maximum Gasteiger partial charge on any atom is 0.185 e. The Morgan fingerprint density at radius 2 is 1.68 bits per heavy atom. The molecule has 0 saturated heterocycles. The van der Waals surface area contributed by atoms with Gasteiger partial charge in [0, 0.05) is 22.9 Å². The normalized spacial score (nSPS) is 10.8. The molecule has 0 spiro atoms. The van der Waals surface area contributed by atoms with Crippen LogP contribution in [0, 0.1) is 0 Å². The molecule has 28 heavy (non-hydrogen) atoms. The molecule has 2 N–H and O–H groups in total. The fraction of sp³-hybridized carbons (Fsp3) is 0.292. The van der Waals surface area contributed by atoms with Gasteiger partial charge in [0.05, 0.1) is 13.2 Å². The molecule has 0 saturated carbocycles. The van der Waals surface area contributed by atoms with Crippen molar-refractivity contribution in [3.63, 3.8) is 0 Å². The zero-order chi connectivity index (χ0) is 20.4. The zero-order valence-electron chi connectivity index (χ0n) is 16.7. The lowest BCUT2D eigenvalue weighted by Gasteiger charge is -2.15. The molecule has 0 atom stereocenters. The van der Waals surface area contributed by atoms with Crippen LogP contribution in [-0.2, 0) is 6.42 Å². The summed E-state index contributed by atoms with van der Waals surface area (Å²) in [5, 5.41) is 0. The molecule has 2 aromatic carbocycles. The number of carbonyl (C=O) groups is 1. The average molecular weight is 380 g/mol. The van der Waals surface area contributed by atoms with Crippen LogP contribution in [0.5, 0.6) is 11.5 Å². The number of carbonyl (C=O) groups excluding carboxylic acids is 1. The Hall–Kier alpha value is -3.01. The predicted octanol–water partition coefficient (Wildman–Crippen LogP) is 5.47. The molecule has 0 aliphatic carbocycles. The van der Waals surface area contributed by atoms with E-state index in [0.29, 0.717) is 36.6 Å². The van der Waals surface area contributed by atoms with Gasteiger partial charge in [0.15, 0.2) is 5.78 Å². The minimum Gasteiger partial charge on any atom is -0.493 e. The highest BCUT2D eigenvalue weighted by Gasteiger charge is 2.11. The molecule has 0 aliphatic heterocycles. The standard InChI is InChI=1S/C24H29NO3/c1-4-7-19-16-20(10-13-22(26)18-8-11-21(25)12-9-18)24(28-15-6-3)17-23(19)27-14-5-2/h4,8-13,16-17H,1,5-7,14-15,25H2,2-3H3/b13-10+. The van der Waals surface area contributed by atoms with E-state index in [0.717, 1.165) is 29.7 Å². The molecule has 0 bridgehead atoms. The van der Waals surface area contributed by atoms with Crippen LogP contribution in [0.2, 0.25) is 0 Å². The van der Waals surface area contributed by atoms with Crippen LogP contribution in [0.1, 0.15) is 48.2 Å². The topological polar surface area (TPSA) is 61.6 Å². The van der Waals surface area contributed by atoms with Crippen molar-refractivity contribution in [3.05, 3.63) is 71.8 Å². The third kappa shape index (κ3) is 6.02. The van der Waals surface area contributed by atoms with E-state index in [-0.39, 0.29) is 5.78 Å². The maximum absolute atomic E-state index is 12.5. The first kappa shape index (κ1) is 21.3. The second-order valence-electron chi connectivity index (χ2n) is 6.51. The fourth-order valence-corrected chi connectivity index (χ4v) is 2.66. The Bertz CT molecular complexity index is 822. The van der Waals surface area contributed by atoms with Gasteiger partial charge in [0.25, 0.3) is 0 Å². The average Bonchev–Trinajstić information content (AvgIpc) is 2.70. The molecular weight excluding hydrogens is 350 g/mol. The summed E-state index contributed by atoms with van der Waals surface area (Å²) in [5.41, 5.74) is 8.78. The fourth-order valence-electron chi connectivity index (χ4n) is 2.66. The molecule has 0 aliphatic rings. The van der Waals surface area contributed by atoms with Crippen LogP contribution < -0.4 is 15.2 Å². The Balaban J connectivity index is 2.35. The Labute approximate surface area is 167 Å². The summed E-state index contributed by atoms with van der Waals surface area (Å²) in [7, 11) is 0. The lowest BCUT2D eigenvalue weighted by molar-refractivity contribution is 0.104. The van der Waals surface area contributed by atoms with Gasteiger partial charge in [-0.15, -0.1) is 6.58 Å². The quantitative estimate of drug-likeness (QED) is 0.243. The van der Waals surface area contributed by atoms with Gasteiger partial charge in [-0.3, -0.25) is 4.79 Å². The number of nitrogen functional groups attached to an aromatic ring is 1. The van der Waals surface area contributed by atoms with E-state index >= 15 is 0 Å². The second-order valence-corrected chi connectivity index (χ2v) is 6.51. The molecule has 4 heteroatoms. The summed E-state index contributed by atoms with van der Waals surface area (Å²) in [6.45, 7) is 9.20. The maximum atomic E-state index is 12.5.